The summed E-state index contributed by atoms with van der Waals surface area (Å²) in [7, 11) is 0. The van der Waals surface area contributed by atoms with Crippen LogP contribution in [-0.4, -0.2) is 34.9 Å². The summed E-state index contributed by atoms with van der Waals surface area (Å²) < 4.78 is 45.6. The molecule has 0 radical (unpaired) electrons. The van der Waals surface area contributed by atoms with Crippen molar-refractivity contribution in [1.29, 1.82) is 0 Å². The number of hydrogen-bond donors (Lipinski definition) is 2. The maximum absolute atomic E-state index is 9.51. The van der Waals surface area contributed by atoms with Gasteiger partial charge in [0.2, 0.25) is 0 Å². The number of aromatic amines is 2. The van der Waals surface area contributed by atoms with Crippen molar-refractivity contribution in [3.05, 3.63) is 176 Å². The maximum Gasteiger partial charge on any atom is 0.164 e. The van der Waals surface area contributed by atoms with Gasteiger partial charge in [-0.3, -0.25) is 0 Å². The number of aromatic nitrogens is 7. The molecule has 14 rings (SSSR count). The molecule has 0 saturated carbocycles. The van der Waals surface area contributed by atoms with Gasteiger partial charge in [0.1, 0.15) is 16.9 Å². The van der Waals surface area contributed by atoms with Crippen LogP contribution in [0.15, 0.2) is 176 Å². The van der Waals surface area contributed by atoms with Gasteiger partial charge >= 0.3 is 0 Å². The van der Waals surface area contributed by atoms with Gasteiger partial charge in [0.15, 0.2) is 17.5 Å². The second-order valence-electron chi connectivity index (χ2n) is 15.9. The van der Waals surface area contributed by atoms with Gasteiger partial charge in [-0.15, -0.1) is 0 Å². The van der Waals surface area contributed by atoms with Gasteiger partial charge in [-0.2, -0.15) is 0 Å². The fourth-order valence-corrected chi connectivity index (χ4v) is 9.42. The third-order valence-electron chi connectivity index (χ3n) is 12.4. The number of nitrogens with zero attached hydrogens (tertiary/aromatic N) is 5. The van der Waals surface area contributed by atoms with Crippen LogP contribution in [0.1, 0.15) is 6.85 Å². The van der Waals surface area contributed by atoms with E-state index in [0.29, 0.717) is 56.8 Å². The van der Waals surface area contributed by atoms with Gasteiger partial charge < -0.3 is 9.97 Å². The van der Waals surface area contributed by atoms with Crippen molar-refractivity contribution in [1.82, 2.24) is 34.9 Å². The van der Waals surface area contributed by atoms with E-state index in [-0.39, 0.29) is 17.6 Å². The van der Waals surface area contributed by atoms with E-state index in [0.717, 1.165) is 81.3 Å². The predicted molar refractivity (Wildman–Crippen MR) is 254 cm³/mol. The van der Waals surface area contributed by atoms with E-state index in [1.165, 1.54) is 0 Å². The Morgan fingerprint density at radius 1 is 0.355 bits per heavy atom. The third kappa shape index (κ3) is 4.90. The van der Waals surface area contributed by atoms with Crippen LogP contribution in [0.25, 0.3) is 144 Å². The molecule has 0 unspecified atom stereocenters. The first-order valence-corrected chi connectivity index (χ1v) is 20.4. The molecule has 7 nitrogen and oxygen atoms in total. The Balaban J connectivity index is 1.26. The molecule has 0 amide bonds. The molecule has 0 saturated heterocycles. The van der Waals surface area contributed by atoms with Gasteiger partial charge in [-0.05, 0) is 97.2 Å². The molecule has 3 aromatic heterocycles. The van der Waals surface area contributed by atoms with Crippen LogP contribution in [0.3, 0.4) is 0 Å². The van der Waals surface area contributed by atoms with E-state index in [9.17, 15) is 2.74 Å². The molecule has 7 heteroatoms. The minimum Gasteiger partial charge on any atom is -0.339 e. The molecule has 8 bridgehead atoms. The van der Waals surface area contributed by atoms with Crippen molar-refractivity contribution in [3.8, 4) is 56.5 Å². The van der Waals surface area contributed by atoms with Crippen LogP contribution < -0.4 is 0 Å². The number of hydrogen-bond acceptors (Lipinski definition) is 5. The maximum atomic E-state index is 9.51. The number of fused-ring (bicyclic) bond motifs is 24. The molecule has 0 fully saturated rings. The molecule has 0 spiro atoms. The second kappa shape index (κ2) is 12.5. The Hall–Kier alpha value is -8.55. The summed E-state index contributed by atoms with van der Waals surface area (Å²) in [4.78, 5) is 34.0. The minimum atomic E-state index is -0.488. The standard InChI is InChI=1S/C55H31N7/c1-2-12-30(13-3-1)47-48-39-22-31-14-4-6-16-33(31)24-41(39)50(56-48)58-52-43-26-35-18-8-10-20-37(35)28-45(43)54(60-52)62-55-46-29-38-21-11-9-19-36(38)27-44(46)53(61-55)59-51-42-25-34-17-7-5-15-32(34)23-40(42)49(47)57-51/h1-29H,(H2,56,57,58,59,60,61,62)/i1D,2D,3D,12D,13D. The quantitative estimate of drug-likeness (QED) is 0.172. The first-order valence-electron chi connectivity index (χ1n) is 22.9. The average Bonchev–Trinajstić information content (AvgIpc) is 4.08. The summed E-state index contributed by atoms with van der Waals surface area (Å²) in [5.74, 6) is 1.30. The number of benzene rings is 9. The lowest BCUT2D eigenvalue weighted by Gasteiger charge is -2.09. The number of rotatable bonds is 1. The van der Waals surface area contributed by atoms with Gasteiger partial charge in [-0.25, -0.2) is 24.9 Å². The lowest BCUT2D eigenvalue weighted by Crippen LogP contribution is -1.86. The molecule has 2 aliphatic rings. The largest absolute Gasteiger partial charge is 0.339 e. The van der Waals surface area contributed by atoms with Gasteiger partial charge in [0.25, 0.3) is 0 Å². The molecular formula is C55H31N7. The molecule has 12 aromatic rings. The first-order chi connectivity index (χ1) is 32.7. The van der Waals surface area contributed by atoms with Crippen molar-refractivity contribution in [2.75, 3.05) is 0 Å². The zero-order chi connectivity index (χ0) is 44.8. The van der Waals surface area contributed by atoms with E-state index in [1.807, 2.05) is 78.9 Å². The van der Waals surface area contributed by atoms with E-state index in [1.54, 1.807) is 0 Å². The highest BCUT2D eigenvalue weighted by atomic mass is 15.0. The molecule has 2 N–H and O–H groups in total. The highest BCUT2D eigenvalue weighted by Gasteiger charge is 2.26. The normalized spacial score (nSPS) is 13.3. The van der Waals surface area contributed by atoms with Crippen molar-refractivity contribution in [2.24, 2.45) is 0 Å². The van der Waals surface area contributed by atoms with E-state index >= 15 is 0 Å². The molecule has 0 atom stereocenters. The van der Waals surface area contributed by atoms with Gasteiger partial charge in [0.05, 0.1) is 18.1 Å². The van der Waals surface area contributed by atoms with Crippen LogP contribution in [0.4, 0.5) is 0 Å². The van der Waals surface area contributed by atoms with Crippen LogP contribution >= 0.6 is 0 Å². The Kier molecular flexibility index (Phi) is 5.80. The minimum absolute atomic E-state index is 0.00222. The molecule has 9 aromatic carbocycles. The number of H-pyrrole nitrogens is 2. The Morgan fingerprint density at radius 2 is 0.726 bits per heavy atom. The SMILES string of the molecule is [2H]c1c([2H])c([2H])c(-c2c3nc(nc4[nH]c(nc5nc(nc6[nH]c2c2cc7ccccc7cc62)-c2cc6ccccc6cc2-5)c2cc5ccccc5cc42)-c2cc4ccccc4cc2-3)c([2H])c1[2H]. The van der Waals surface area contributed by atoms with Gasteiger partial charge in [-0.1, -0.05) is 127 Å². The first kappa shape index (κ1) is 28.8. The smallest absolute Gasteiger partial charge is 0.164 e. The molecule has 2 aliphatic heterocycles. The fraction of sp³-hybridized carbons (Fsp3) is 0. The van der Waals surface area contributed by atoms with Gasteiger partial charge in [0, 0.05) is 49.4 Å². The lowest BCUT2D eigenvalue weighted by molar-refractivity contribution is 1.21. The molecule has 0 aliphatic carbocycles. The van der Waals surface area contributed by atoms with E-state index in [4.69, 9.17) is 29.0 Å². The van der Waals surface area contributed by atoms with Crippen molar-refractivity contribution >= 4 is 87.1 Å². The monoisotopic (exact) mass is 794 g/mol. The summed E-state index contributed by atoms with van der Waals surface area (Å²) in [6.45, 7) is 0. The molecule has 286 valence electrons. The summed E-state index contributed by atoms with van der Waals surface area (Å²) in [6.07, 6.45) is 0. The molecule has 62 heavy (non-hydrogen) atoms. The van der Waals surface area contributed by atoms with Crippen LogP contribution in [0.5, 0.6) is 0 Å². The van der Waals surface area contributed by atoms with E-state index in [2.05, 4.69) is 76.7 Å². The molecule has 5 heterocycles. The summed E-state index contributed by atoms with van der Waals surface area (Å²) >= 11 is 0. The third-order valence-corrected chi connectivity index (χ3v) is 12.4. The Labute approximate surface area is 360 Å². The topological polar surface area (TPSA) is 96.0 Å². The fourth-order valence-electron chi connectivity index (χ4n) is 9.42. The van der Waals surface area contributed by atoms with Crippen LogP contribution in [-0.2, 0) is 0 Å². The summed E-state index contributed by atoms with van der Waals surface area (Å²) in [5, 5.41) is 11.1. The van der Waals surface area contributed by atoms with Crippen LogP contribution in [0, 0.1) is 0 Å². The Morgan fingerprint density at radius 3 is 1.21 bits per heavy atom. The summed E-state index contributed by atoms with van der Waals surface area (Å²) in [6, 6.07) is 47.0. The highest BCUT2D eigenvalue weighted by molar-refractivity contribution is 6.18. The second-order valence-corrected chi connectivity index (χ2v) is 15.9. The van der Waals surface area contributed by atoms with Crippen molar-refractivity contribution in [2.45, 2.75) is 0 Å². The zero-order valence-electron chi connectivity index (χ0n) is 37.6. The predicted octanol–water partition coefficient (Wildman–Crippen LogP) is 13.8. The van der Waals surface area contributed by atoms with E-state index < -0.39 is 18.1 Å². The average molecular weight is 795 g/mol. The van der Waals surface area contributed by atoms with Crippen LogP contribution in [0.2, 0.25) is 0 Å². The number of nitrogens with one attached hydrogen (secondary N) is 2. The lowest BCUT2D eigenvalue weighted by atomic mass is 9.94. The highest BCUT2D eigenvalue weighted by Crippen LogP contribution is 2.46. The van der Waals surface area contributed by atoms with Crippen molar-refractivity contribution in [3.63, 3.8) is 0 Å². The summed E-state index contributed by atoms with van der Waals surface area (Å²) in [5.41, 5.74) is 5.78. The molecular weight excluding hydrogens is 759 g/mol. The Bertz CT molecular complexity index is 4400. The van der Waals surface area contributed by atoms with Crippen molar-refractivity contribution < 1.29 is 6.85 Å². The zero-order valence-corrected chi connectivity index (χ0v) is 32.6.